The Labute approximate surface area is 329 Å². The van der Waals surface area contributed by atoms with Crippen LogP contribution in [-0.4, -0.2) is 15.0 Å². The van der Waals surface area contributed by atoms with Gasteiger partial charge in [-0.3, -0.25) is 0 Å². The number of nitrogens with zero attached hydrogens (tertiary/aromatic N) is 3. The summed E-state index contributed by atoms with van der Waals surface area (Å²) in [5.74, 6) is 1.92. The summed E-state index contributed by atoms with van der Waals surface area (Å²) in [6.45, 7) is 0. The molecule has 3 nitrogen and oxygen atoms in total. The molecule has 0 unspecified atom stereocenters. The van der Waals surface area contributed by atoms with Gasteiger partial charge in [-0.1, -0.05) is 176 Å². The van der Waals surface area contributed by atoms with E-state index >= 15 is 0 Å². The summed E-state index contributed by atoms with van der Waals surface area (Å²) in [7, 11) is 0. The minimum absolute atomic E-state index is 0.517. The first-order chi connectivity index (χ1) is 27.7. The molecule has 0 N–H and O–H groups in total. The quantitative estimate of drug-likeness (QED) is 0.171. The Morgan fingerprint density at radius 3 is 1.54 bits per heavy atom. The van der Waals surface area contributed by atoms with Crippen molar-refractivity contribution in [1.82, 2.24) is 15.0 Å². The van der Waals surface area contributed by atoms with Crippen LogP contribution in [0.4, 0.5) is 0 Å². The van der Waals surface area contributed by atoms with E-state index in [0.717, 1.165) is 22.3 Å². The van der Waals surface area contributed by atoms with Crippen molar-refractivity contribution in [3.63, 3.8) is 0 Å². The van der Waals surface area contributed by atoms with Crippen LogP contribution in [-0.2, 0) is 5.41 Å². The lowest BCUT2D eigenvalue weighted by Crippen LogP contribution is -2.28. The molecule has 0 saturated carbocycles. The number of hydrogen-bond acceptors (Lipinski definition) is 4. The highest BCUT2D eigenvalue weighted by Crippen LogP contribution is 2.56. The molecule has 1 aliphatic carbocycles. The monoisotopic (exact) mass is 731 g/mol. The van der Waals surface area contributed by atoms with Gasteiger partial charge in [-0.2, -0.15) is 0 Å². The SMILES string of the molecule is c1ccc(-c2nc(-c3ccc(-c4ccc5sc6ccccc6c5c4)cc3)nc(-c3ccc4c(c3)C(c3ccccc3)(c3ccccc3)c3ccccc3-4)n2)cc1. The van der Waals surface area contributed by atoms with Gasteiger partial charge in [0.15, 0.2) is 17.5 Å². The molecule has 0 amide bonds. The van der Waals surface area contributed by atoms with Crippen molar-refractivity contribution in [3.05, 3.63) is 222 Å². The number of thiophene rings is 1. The molecule has 0 bridgehead atoms. The van der Waals surface area contributed by atoms with Crippen molar-refractivity contribution >= 4 is 31.5 Å². The van der Waals surface area contributed by atoms with Crippen molar-refractivity contribution in [2.24, 2.45) is 0 Å². The standard InChI is InChI=1S/C52H33N3S/c1-4-14-35(15-5-1)49-53-50(36-26-24-34(25-27-36)37-29-31-48-44(32-37)43-21-11-13-23-47(43)56-48)55-51(54-49)38-28-30-42-41-20-10-12-22-45(41)52(46(42)33-38,39-16-6-2-7-17-39)40-18-8-3-9-19-40/h1-33H. The smallest absolute Gasteiger partial charge is 0.164 e. The third kappa shape index (κ3) is 5.14. The lowest BCUT2D eigenvalue weighted by atomic mass is 9.67. The van der Waals surface area contributed by atoms with Crippen LogP contribution in [0.5, 0.6) is 0 Å². The third-order valence-corrected chi connectivity index (χ3v) is 12.4. The molecule has 0 spiro atoms. The molecular weight excluding hydrogens is 699 g/mol. The van der Waals surface area contributed by atoms with Crippen molar-refractivity contribution in [2.75, 3.05) is 0 Å². The van der Waals surface area contributed by atoms with Gasteiger partial charge in [-0.25, -0.2) is 15.0 Å². The van der Waals surface area contributed by atoms with E-state index in [9.17, 15) is 0 Å². The van der Waals surface area contributed by atoms with Gasteiger partial charge in [0.1, 0.15) is 0 Å². The molecule has 0 fully saturated rings. The molecule has 2 heterocycles. The summed E-state index contributed by atoms with van der Waals surface area (Å²) in [6, 6.07) is 71.6. The van der Waals surface area contributed by atoms with Gasteiger partial charge in [0.2, 0.25) is 0 Å². The maximum atomic E-state index is 5.22. The highest BCUT2D eigenvalue weighted by atomic mass is 32.1. The fraction of sp³-hybridized carbons (Fsp3) is 0.0192. The van der Waals surface area contributed by atoms with Gasteiger partial charge in [0.25, 0.3) is 0 Å². The zero-order valence-electron chi connectivity index (χ0n) is 30.3. The Hall–Kier alpha value is -7.01. The highest BCUT2D eigenvalue weighted by Gasteiger charge is 2.46. The summed E-state index contributed by atoms with van der Waals surface area (Å²) < 4.78 is 2.62. The fourth-order valence-corrected chi connectivity index (χ4v) is 9.74. The summed E-state index contributed by atoms with van der Waals surface area (Å²) >= 11 is 1.84. The predicted octanol–water partition coefficient (Wildman–Crippen LogP) is 13.3. The first-order valence-corrected chi connectivity index (χ1v) is 19.8. The third-order valence-electron chi connectivity index (χ3n) is 11.2. The zero-order valence-corrected chi connectivity index (χ0v) is 31.1. The summed E-state index contributed by atoms with van der Waals surface area (Å²) in [5, 5.41) is 2.60. The minimum Gasteiger partial charge on any atom is -0.208 e. The summed E-state index contributed by atoms with van der Waals surface area (Å²) in [5.41, 5.74) is 12.1. The molecule has 0 atom stereocenters. The Bertz CT molecular complexity index is 3020. The van der Waals surface area contributed by atoms with Crippen molar-refractivity contribution in [2.45, 2.75) is 5.41 Å². The Morgan fingerprint density at radius 2 is 0.821 bits per heavy atom. The number of benzene rings is 8. The fourth-order valence-electron chi connectivity index (χ4n) is 8.65. The lowest BCUT2D eigenvalue weighted by Gasteiger charge is -2.34. The van der Waals surface area contributed by atoms with Gasteiger partial charge in [-0.15, -0.1) is 11.3 Å². The van der Waals surface area contributed by atoms with Crippen LogP contribution in [0, 0.1) is 0 Å². The predicted molar refractivity (Wildman–Crippen MR) is 232 cm³/mol. The molecule has 56 heavy (non-hydrogen) atoms. The van der Waals surface area contributed by atoms with E-state index in [2.05, 4.69) is 182 Å². The molecule has 1 aliphatic rings. The van der Waals surface area contributed by atoms with Crippen LogP contribution < -0.4 is 0 Å². The first kappa shape index (κ1) is 32.4. The lowest BCUT2D eigenvalue weighted by molar-refractivity contribution is 0.768. The number of aromatic nitrogens is 3. The summed E-state index contributed by atoms with van der Waals surface area (Å²) in [4.78, 5) is 15.5. The van der Waals surface area contributed by atoms with Crippen molar-refractivity contribution < 1.29 is 0 Å². The van der Waals surface area contributed by atoms with E-state index in [-0.39, 0.29) is 0 Å². The first-order valence-electron chi connectivity index (χ1n) is 18.9. The van der Waals surface area contributed by atoms with Crippen molar-refractivity contribution in [3.8, 4) is 56.4 Å². The largest absolute Gasteiger partial charge is 0.208 e. The number of hydrogen-bond donors (Lipinski definition) is 0. The van der Waals surface area contributed by atoms with Gasteiger partial charge in [0, 0.05) is 36.9 Å². The zero-order chi connectivity index (χ0) is 37.1. The normalized spacial score (nSPS) is 12.8. The average molecular weight is 732 g/mol. The van der Waals surface area contributed by atoms with Crippen LogP contribution in [0.25, 0.3) is 76.6 Å². The second-order valence-electron chi connectivity index (χ2n) is 14.3. The van der Waals surface area contributed by atoms with Crippen LogP contribution >= 0.6 is 11.3 Å². The van der Waals surface area contributed by atoms with Crippen LogP contribution in [0.1, 0.15) is 22.3 Å². The van der Waals surface area contributed by atoms with E-state index in [4.69, 9.17) is 15.0 Å². The minimum atomic E-state index is -0.517. The van der Waals surface area contributed by atoms with E-state index in [1.54, 1.807) is 0 Å². The van der Waals surface area contributed by atoms with E-state index in [0.29, 0.717) is 17.5 Å². The molecule has 0 radical (unpaired) electrons. The maximum Gasteiger partial charge on any atom is 0.164 e. The molecule has 8 aromatic carbocycles. The Morgan fingerprint density at radius 1 is 0.321 bits per heavy atom. The molecule has 0 saturated heterocycles. The topological polar surface area (TPSA) is 38.7 Å². The second kappa shape index (κ2) is 13.1. The highest BCUT2D eigenvalue weighted by molar-refractivity contribution is 7.25. The van der Waals surface area contributed by atoms with Crippen LogP contribution in [0.15, 0.2) is 200 Å². The number of fused-ring (bicyclic) bond motifs is 6. The second-order valence-corrected chi connectivity index (χ2v) is 15.4. The molecule has 0 aliphatic heterocycles. The molecular formula is C52H33N3S. The van der Waals surface area contributed by atoms with Gasteiger partial charge >= 0.3 is 0 Å². The van der Waals surface area contributed by atoms with Gasteiger partial charge in [0.05, 0.1) is 5.41 Å². The average Bonchev–Trinajstić information content (AvgIpc) is 3.80. The maximum absolute atomic E-state index is 5.22. The number of rotatable bonds is 6. The molecule has 2 aromatic heterocycles. The van der Waals surface area contributed by atoms with E-state index in [1.807, 2.05) is 29.5 Å². The van der Waals surface area contributed by atoms with Crippen LogP contribution in [0.2, 0.25) is 0 Å². The van der Waals surface area contributed by atoms with Crippen LogP contribution in [0.3, 0.4) is 0 Å². The molecule has 10 aromatic rings. The van der Waals surface area contributed by atoms with E-state index < -0.39 is 5.41 Å². The Kier molecular flexibility index (Phi) is 7.58. The molecule has 4 heteroatoms. The summed E-state index contributed by atoms with van der Waals surface area (Å²) in [6.07, 6.45) is 0. The van der Waals surface area contributed by atoms with Gasteiger partial charge < -0.3 is 0 Å². The Balaban J connectivity index is 1.06. The van der Waals surface area contributed by atoms with Gasteiger partial charge in [-0.05, 0) is 68.8 Å². The molecule has 11 rings (SSSR count). The van der Waals surface area contributed by atoms with Crippen molar-refractivity contribution in [1.29, 1.82) is 0 Å². The molecule has 262 valence electrons. The van der Waals surface area contributed by atoms with E-state index in [1.165, 1.54) is 59.1 Å².